The summed E-state index contributed by atoms with van der Waals surface area (Å²) >= 11 is 0. The molecule has 1 aliphatic rings. The first kappa shape index (κ1) is 58.8. The molecule has 0 aliphatic heterocycles. The summed E-state index contributed by atoms with van der Waals surface area (Å²) in [6.45, 7) is 9.70. The van der Waals surface area contributed by atoms with Crippen molar-refractivity contribution in [2.24, 2.45) is 0 Å². The average molecular weight is 978 g/mol. The van der Waals surface area contributed by atoms with Crippen LogP contribution in [0.15, 0.2) is 48.5 Å². The second-order valence-corrected chi connectivity index (χ2v) is 16.8. The van der Waals surface area contributed by atoms with Gasteiger partial charge in [0.2, 0.25) is 11.8 Å². The van der Waals surface area contributed by atoms with E-state index in [1.54, 1.807) is 20.8 Å². The molecule has 2 aromatic carbocycles. The smallest absolute Gasteiger partial charge is 0.407 e. The molecule has 3 rings (SSSR count). The largest absolute Gasteiger partial charge is 0.458 e. The van der Waals surface area contributed by atoms with Gasteiger partial charge in [0.1, 0.15) is 43.6 Å². The molecule has 0 aromatic heterocycles. The lowest BCUT2D eigenvalue weighted by Crippen LogP contribution is -2.58. The van der Waals surface area contributed by atoms with Crippen LogP contribution in [0.4, 0.5) is 4.79 Å². The second kappa shape index (κ2) is 34.7. The van der Waals surface area contributed by atoms with Crippen molar-refractivity contribution in [3.05, 3.63) is 59.7 Å². The van der Waals surface area contributed by atoms with Gasteiger partial charge in [-0.1, -0.05) is 66.3 Å². The van der Waals surface area contributed by atoms with E-state index in [4.69, 9.17) is 71.4 Å². The first-order valence-corrected chi connectivity index (χ1v) is 23.3. The van der Waals surface area contributed by atoms with E-state index in [9.17, 15) is 19.2 Å². The first-order valence-electron chi connectivity index (χ1n) is 23.3. The van der Waals surface area contributed by atoms with E-state index >= 15 is 0 Å². The van der Waals surface area contributed by atoms with Gasteiger partial charge < -0.3 is 68.1 Å². The van der Waals surface area contributed by atoms with Crippen LogP contribution < -0.4 is 16.0 Å². The molecule has 384 valence electrons. The highest BCUT2D eigenvalue weighted by Gasteiger charge is 2.34. The number of benzene rings is 2. The third-order valence-electron chi connectivity index (χ3n) is 9.99. The van der Waals surface area contributed by atoms with E-state index < -0.39 is 29.2 Å². The maximum atomic E-state index is 13.0. The van der Waals surface area contributed by atoms with Crippen LogP contribution in [0.25, 0.3) is 11.1 Å². The molecule has 1 unspecified atom stereocenters. The van der Waals surface area contributed by atoms with Gasteiger partial charge in [0.25, 0.3) is 0 Å². The Bertz CT molecular complexity index is 1890. The third-order valence-corrected chi connectivity index (χ3v) is 9.99. The minimum Gasteiger partial charge on any atom is -0.458 e. The SMILES string of the molecule is C#CCOCC(COCC#C)(COCC#C)NC(=O)CCOCCOCCOCCOCCOCCOCCNC(=O)CCC(NC(=O)OCC1c2ccccc2-c2ccccc21)C(=O)OC(C)(C)C. The number of carbonyl (C=O) groups excluding carboxylic acids is 4. The number of fused-ring (bicyclic) bond motifs is 3. The fraction of sp³-hybridized carbons (Fsp3) is 0.577. The summed E-state index contributed by atoms with van der Waals surface area (Å²) in [5.41, 5.74) is 2.49. The van der Waals surface area contributed by atoms with Gasteiger partial charge in [-0.25, -0.2) is 9.59 Å². The van der Waals surface area contributed by atoms with Crippen molar-refractivity contribution in [1.29, 1.82) is 0 Å². The normalized spacial score (nSPS) is 12.4. The predicted octanol–water partition coefficient (Wildman–Crippen LogP) is 3.43. The summed E-state index contributed by atoms with van der Waals surface area (Å²) in [4.78, 5) is 51.4. The summed E-state index contributed by atoms with van der Waals surface area (Å²) in [7, 11) is 0. The molecule has 1 aliphatic carbocycles. The zero-order chi connectivity index (χ0) is 50.7. The maximum absolute atomic E-state index is 13.0. The lowest BCUT2D eigenvalue weighted by molar-refractivity contribution is -0.157. The number of terminal acetylenes is 3. The van der Waals surface area contributed by atoms with Crippen LogP contribution in [-0.2, 0) is 66.5 Å². The monoisotopic (exact) mass is 977 g/mol. The van der Waals surface area contributed by atoms with E-state index in [1.807, 2.05) is 48.5 Å². The van der Waals surface area contributed by atoms with Crippen LogP contribution in [0, 0.1) is 37.0 Å². The Morgan fingerprint density at radius 2 is 1.03 bits per heavy atom. The number of alkyl carbamates (subject to hydrolysis) is 1. The van der Waals surface area contributed by atoms with Crippen molar-refractivity contribution in [3.8, 4) is 48.2 Å². The Morgan fingerprint density at radius 3 is 1.49 bits per heavy atom. The van der Waals surface area contributed by atoms with Crippen LogP contribution >= 0.6 is 0 Å². The lowest BCUT2D eigenvalue weighted by Gasteiger charge is -2.33. The van der Waals surface area contributed by atoms with Crippen LogP contribution in [-0.4, -0.2) is 173 Å². The minimum absolute atomic E-state index is 0.0126. The van der Waals surface area contributed by atoms with Gasteiger partial charge in [-0.3, -0.25) is 9.59 Å². The van der Waals surface area contributed by atoms with Crippen molar-refractivity contribution in [3.63, 3.8) is 0 Å². The highest BCUT2D eigenvalue weighted by molar-refractivity contribution is 5.83. The number of rotatable bonds is 38. The van der Waals surface area contributed by atoms with Gasteiger partial charge in [-0.15, -0.1) is 19.3 Å². The van der Waals surface area contributed by atoms with E-state index in [0.29, 0.717) is 66.1 Å². The first-order chi connectivity index (χ1) is 33.9. The van der Waals surface area contributed by atoms with Gasteiger partial charge in [0, 0.05) is 25.3 Å². The molecule has 1 atom stereocenters. The van der Waals surface area contributed by atoms with Crippen LogP contribution in [0.1, 0.15) is 57.1 Å². The third kappa shape index (κ3) is 24.3. The fourth-order valence-electron chi connectivity index (χ4n) is 6.90. The maximum Gasteiger partial charge on any atom is 0.407 e. The predicted molar refractivity (Wildman–Crippen MR) is 259 cm³/mol. The van der Waals surface area contributed by atoms with Crippen molar-refractivity contribution in [2.75, 3.05) is 132 Å². The van der Waals surface area contributed by atoms with E-state index in [1.165, 1.54) is 0 Å². The van der Waals surface area contributed by atoms with E-state index in [-0.39, 0.29) is 103 Å². The molecule has 18 nitrogen and oxygen atoms in total. The average Bonchev–Trinajstić information content (AvgIpc) is 3.65. The molecule has 70 heavy (non-hydrogen) atoms. The molecule has 2 aromatic rings. The molecule has 0 heterocycles. The molecule has 0 radical (unpaired) electrons. The Labute approximate surface area is 413 Å². The topological polar surface area (TPSA) is 206 Å². The number of esters is 1. The van der Waals surface area contributed by atoms with Crippen LogP contribution in [0.2, 0.25) is 0 Å². The molecule has 0 saturated heterocycles. The number of nitrogens with one attached hydrogen (secondary N) is 3. The van der Waals surface area contributed by atoms with Crippen molar-refractivity contribution in [1.82, 2.24) is 16.0 Å². The molecule has 0 bridgehead atoms. The molecule has 3 amide bonds. The summed E-state index contributed by atoms with van der Waals surface area (Å²) < 4.78 is 60.8. The minimum atomic E-state index is -1.09. The van der Waals surface area contributed by atoms with Gasteiger partial charge >= 0.3 is 12.1 Å². The molecule has 0 fully saturated rings. The van der Waals surface area contributed by atoms with Gasteiger partial charge in [0.05, 0.1) is 99.1 Å². The molecule has 0 saturated carbocycles. The second-order valence-electron chi connectivity index (χ2n) is 16.8. The molecular formula is C52H71N3O15. The number of hydrogen-bond donors (Lipinski definition) is 3. The summed E-state index contributed by atoms with van der Waals surface area (Å²) in [5.74, 6) is 5.73. The van der Waals surface area contributed by atoms with Gasteiger partial charge in [-0.2, -0.15) is 0 Å². The highest BCUT2D eigenvalue weighted by atomic mass is 16.6. The molecular weight excluding hydrogens is 907 g/mol. The highest BCUT2D eigenvalue weighted by Crippen LogP contribution is 2.44. The van der Waals surface area contributed by atoms with Gasteiger partial charge in [-0.05, 0) is 49.4 Å². The summed E-state index contributed by atoms with van der Waals surface area (Å²) in [6, 6.07) is 14.9. The van der Waals surface area contributed by atoms with Crippen molar-refractivity contribution in [2.45, 2.75) is 63.1 Å². The summed E-state index contributed by atoms with van der Waals surface area (Å²) in [6.07, 6.45) is 15.2. The summed E-state index contributed by atoms with van der Waals surface area (Å²) in [5, 5.41) is 8.27. The molecule has 18 heteroatoms. The Kier molecular flexibility index (Phi) is 29.1. The number of carbonyl (C=O) groups is 4. The van der Waals surface area contributed by atoms with E-state index in [0.717, 1.165) is 22.3 Å². The van der Waals surface area contributed by atoms with E-state index in [2.05, 4.69) is 33.7 Å². The van der Waals surface area contributed by atoms with Gasteiger partial charge in [0.15, 0.2) is 0 Å². The Hall–Kier alpha value is -5.56. The molecule has 3 N–H and O–H groups in total. The number of hydrogen-bond acceptors (Lipinski definition) is 15. The standard InChI is InChI=1S/C52H71N3O15/c1-7-22-66-38-52(39-67-23-8-2,40-68-24-9-3)55-48(57)20-25-60-27-29-62-31-33-64-35-36-65-34-32-63-30-28-61-26-21-53-47(56)19-18-46(49(58)70-51(4,5)6)54-50(59)69-37-45-43-16-12-10-14-41(43)42-15-11-13-17-44(42)45/h1-3,10-17,45-46H,18-40H2,4-6H3,(H,53,56)(H,54,59)(H,55,57). The van der Waals surface area contributed by atoms with Crippen LogP contribution in [0.3, 0.4) is 0 Å². The fourth-order valence-corrected chi connectivity index (χ4v) is 6.90. The van der Waals surface area contributed by atoms with Crippen molar-refractivity contribution >= 4 is 23.9 Å². The number of amides is 3. The zero-order valence-corrected chi connectivity index (χ0v) is 40.9. The lowest BCUT2D eigenvalue weighted by atomic mass is 9.98. The number of ether oxygens (including phenoxy) is 11. The van der Waals surface area contributed by atoms with Crippen molar-refractivity contribution < 1.29 is 71.3 Å². The zero-order valence-electron chi connectivity index (χ0n) is 40.9. The Morgan fingerprint density at radius 1 is 0.586 bits per heavy atom. The Balaban J connectivity index is 1.15. The van der Waals surface area contributed by atoms with Crippen LogP contribution in [0.5, 0.6) is 0 Å². The molecule has 0 spiro atoms. The quantitative estimate of drug-likeness (QED) is 0.0501.